The van der Waals surface area contributed by atoms with E-state index < -0.39 is 17.6 Å². The number of amides is 1. The van der Waals surface area contributed by atoms with Crippen molar-refractivity contribution >= 4 is 11.6 Å². The van der Waals surface area contributed by atoms with E-state index in [1.54, 1.807) is 18.2 Å². The summed E-state index contributed by atoms with van der Waals surface area (Å²) in [5.74, 6) is -1.76. The second kappa shape index (κ2) is 3.92. The minimum atomic E-state index is -0.637. The van der Waals surface area contributed by atoms with E-state index in [0.29, 0.717) is 10.6 Å². The molecule has 3 nitrogen and oxygen atoms in total. The van der Waals surface area contributed by atoms with Gasteiger partial charge in [-0.3, -0.25) is 10.0 Å². The second-order valence-electron chi connectivity index (χ2n) is 4.17. The van der Waals surface area contributed by atoms with E-state index in [1.165, 1.54) is 12.1 Å². The zero-order chi connectivity index (χ0) is 12.7. The molecule has 0 bridgehead atoms. The fourth-order valence-corrected chi connectivity index (χ4v) is 2.32. The van der Waals surface area contributed by atoms with Crippen LogP contribution < -0.4 is 5.06 Å². The first-order chi connectivity index (χ1) is 8.70. The maximum atomic E-state index is 13.6. The normalized spacial score (nSPS) is 18.0. The molecule has 1 N–H and O–H groups in total. The molecule has 0 aromatic heterocycles. The Labute approximate surface area is 103 Å². The summed E-state index contributed by atoms with van der Waals surface area (Å²) in [4.78, 5) is 12.0. The molecule has 1 amide bonds. The number of hydrogen-bond donors (Lipinski definition) is 1. The van der Waals surface area contributed by atoms with Crippen molar-refractivity contribution in [3.8, 4) is 0 Å². The van der Waals surface area contributed by atoms with Crippen LogP contribution in [0.3, 0.4) is 0 Å². The molecule has 1 aliphatic heterocycles. The van der Waals surface area contributed by atoms with Crippen molar-refractivity contribution in [2.24, 2.45) is 0 Å². The van der Waals surface area contributed by atoms with E-state index in [2.05, 4.69) is 0 Å². The van der Waals surface area contributed by atoms with Gasteiger partial charge in [0.25, 0.3) is 5.91 Å². The summed E-state index contributed by atoms with van der Waals surface area (Å²) in [6.45, 7) is 0. The number of carbonyl (C=O) groups excluding carboxylic acids is 1. The van der Waals surface area contributed by atoms with E-state index in [-0.39, 0.29) is 5.69 Å². The quantitative estimate of drug-likeness (QED) is 0.782. The van der Waals surface area contributed by atoms with E-state index in [9.17, 15) is 14.4 Å². The van der Waals surface area contributed by atoms with Crippen LogP contribution in [0.1, 0.15) is 17.0 Å². The molecular weight excluding hydrogens is 233 g/mol. The van der Waals surface area contributed by atoms with Crippen molar-refractivity contribution < 1.29 is 14.4 Å². The molecule has 0 saturated heterocycles. The molecule has 0 aliphatic carbocycles. The first kappa shape index (κ1) is 10.9. The Morgan fingerprint density at radius 1 is 1.06 bits per heavy atom. The molecule has 1 aliphatic rings. The van der Waals surface area contributed by atoms with Gasteiger partial charge in [-0.25, -0.2) is 4.39 Å². The van der Waals surface area contributed by atoms with Gasteiger partial charge < -0.3 is 0 Å². The molecule has 0 fully saturated rings. The van der Waals surface area contributed by atoms with Gasteiger partial charge in [-0.1, -0.05) is 42.5 Å². The largest absolute Gasteiger partial charge is 0.281 e. The number of carbonyl (C=O) groups is 1. The predicted molar refractivity (Wildman–Crippen MR) is 64.0 cm³/mol. The molecule has 1 heterocycles. The molecular formula is C14H10FNO2. The lowest BCUT2D eigenvalue weighted by Crippen LogP contribution is -2.25. The third-order valence-corrected chi connectivity index (χ3v) is 3.13. The Bertz CT molecular complexity index is 612. The fourth-order valence-electron chi connectivity index (χ4n) is 2.32. The summed E-state index contributed by atoms with van der Waals surface area (Å²) >= 11 is 0. The first-order valence-corrected chi connectivity index (χ1v) is 5.56. The number of benzene rings is 2. The number of para-hydroxylation sites is 1. The highest BCUT2D eigenvalue weighted by Gasteiger charge is 2.39. The Balaban J connectivity index is 2.20. The monoisotopic (exact) mass is 243 g/mol. The molecule has 4 heteroatoms. The summed E-state index contributed by atoms with van der Waals surface area (Å²) in [7, 11) is 0. The third-order valence-electron chi connectivity index (χ3n) is 3.13. The van der Waals surface area contributed by atoms with Crippen molar-refractivity contribution in [2.75, 3.05) is 5.06 Å². The fraction of sp³-hybridized carbons (Fsp3) is 0.0714. The average molecular weight is 243 g/mol. The Hall–Kier alpha value is -2.20. The molecule has 1 atom stereocenters. The summed E-state index contributed by atoms with van der Waals surface area (Å²) in [5, 5.41) is 10.1. The summed E-state index contributed by atoms with van der Waals surface area (Å²) in [5.41, 5.74) is 1.19. The van der Waals surface area contributed by atoms with Gasteiger partial charge in [0.2, 0.25) is 0 Å². The number of nitrogens with zero attached hydrogens (tertiary/aromatic N) is 1. The van der Waals surface area contributed by atoms with Gasteiger partial charge in [0.05, 0.1) is 5.92 Å². The van der Waals surface area contributed by atoms with Crippen molar-refractivity contribution in [3.63, 3.8) is 0 Å². The van der Waals surface area contributed by atoms with Gasteiger partial charge in [-0.2, -0.15) is 5.06 Å². The van der Waals surface area contributed by atoms with Crippen LogP contribution in [0.4, 0.5) is 10.1 Å². The number of halogens is 1. The van der Waals surface area contributed by atoms with Crippen LogP contribution in [0, 0.1) is 5.82 Å². The molecule has 0 saturated carbocycles. The predicted octanol–water partition coefficient (Wildman–Crippen LogP) is 2.69. The lowest BCUT2D eigenvalue weighted by Gasteiger charge is -2.09. The highest BCUT2D eigenvalue weighted by molar-refractivity contribution is 6.05. The maximum absolute atomic E-state index is 13.6. The van der Waals surface area contributed by atoms with Gasteiger partial charge in [0, 0.05) is 0 Å². The zero-order valence-electron chi connectivity index (χ0n) is 9.38. The summed E-state index contributed by atoms with van der Waals surface area (Å²) in [6.07, 6.45) is 0. The number of hydrogen-bond acceptors (Lipinski definition) is 2. The highest BCUT2D eigenvalue weighted by atomic mass is 19.1. The number of rotatable bonds is 1. The molecule has 0 radical (unpaired) electrons. The highest BCUT2D eigenvalue weighted by Crippen LogP contribution is 2.41. The van der Waals surface area contributed by atoms with Gasteiger partial charge >= 0.3 is 0 Å². The Kier molecular flexibility index (Phi) is 2.38. The van der Waals surface area contributed by atoms with Crippen LogP contribution >= 0.6 is 0 Å². The van der Waals surface area contributed by atoms with Gasteiger partial charge in [0.15, 0.2) is 0 Å². The van der Waals surface area contributed by atoms with Crippen LogP contribution in [0.15, 0.2) is 48.5 Å². The van der Waals surface area contributed by atoms with Crippen molar-refractivity contribution in [1.29, 1.82) is 0 Å². The third kappa shape index (κ3) is 1.43. The van der Waals surface area contributed by atoms with Crippen LogP contribution in [0.2, 0.25) is 0 Å². The first-order valence-electron chi connectivity index (χ1n) is 5.56. The molecule has 90 valence electrons. The summed E-state index contributed by atoms with van der Waals surface area (Å²) < 4.78 is 13.6. The molecule has 2 aromatic carbocycles. The number of fused-ring (bicyclic) bond motifs is 1. The van der Waals surface area contributed by atoms with E-state index in [1.807, 2.05) is 18.2 Å². The van der Waals surface area contributed by atoms with Gasteiger partial charge in [-0.05, 0) is 17.2 Å². The average Bonchev–Trinajstić information content (AvgIpc) is 2.64. The molecule has 3 rings (SSSR count). The van der Waals surface area contributed by atoms with Crippen LogP contribution in [-0.4, -0.2) is 11.1 Å². The van der Waals surface area contributed by atoms with Crippen LogP contribution in [0.25, 0.3) is 0 Å². The second-order valence-corrected chi connectivity index (χ2v) is 4.17. The minimum Gasteiger partial charge on any atom is -0.281 e. The minimum absolute atomic E-state index is 0.0450. The topological polar surface area (TPSA) is 40.5 Å². The van der Waals surface area contributed by atoms with Gasteiger partial charge in [-0.15, -0.1) is 0 Å². The smallest absolute Gasteiger partial charge is 0.262 e. The van der Waals surface area contributed by atoms with Gasteiger partial charge in [0.1, 0.15) is 11.5 Å². The van der Waals surface area contributed by atoms with Crippen LogP contribution in [0.5, 0.6) is 0 Å². The van der Waals surface area contributed by atoms with E-state index in [4.69, 9.17) is 0 Å². The molecule has 1 unspecified atom stereocenters. The number of anilines is 1. The van der Waals surface area contributed by atoms with Crippen LogP contribution in [-0.2, 0) is 4.79 Å². The molecule has 0 spiro atoms. The maximum Gasteiger partial charge on any atom is 0.262 e. The standard InChI is InChI=1S/C14H10FNO2/c15-11-8-4-7-10-12(9-5-2-1-3-6-9)14(17)16(18)13(10)11/h1-8,12,18H. The van der Waals surface area contributed by atoms with Crippen molar-refractivity contribution in [1.82, 2.24) is 0 Å². The lowest BCUT2D eigenvalue weighted by molar-refractivity contribution is -0.123. The van der Waals surface area contributed by atoms with Crippen molar-refractivity contribution in [3.05, 3.63) is 65.5 Å². The SMILES string of the molecule is O=C1C(c2ccccc2)c2cccc(F)c2N1O. The lowest BCUT2D eigenvalue weighted by atomic mass is 9.93. The van der Waals surface area contributed by atoms with E-state index >= 15 is 0 Å². The van der Waals surface area contributed by atoms with Crippen molar-refractivity contribution in [2.45, 2.75) is 5.92 Å². The summed E-state index contributed by atoms with van der Waals surface area (Å²) in [6, 6.07) is 13.5. The molecule has 2 aromatic rings. The Morgan fingerprint density at radius 2 is 1.78 bits per heavy atom. The number of hydroxylamine groups is 1. The molecule has 18 heavy (non-hydrogen) atoms. The van der Waals surface area contributed by atoms with E-state index in [0.717, 1.165) is 5.56 Å². The zero-order valence-corrected chi connectivity index (χ0v) is 9.38. The Morgan fingerprint density at radius 3 is 2.50 bits per heavy atom.